The number of benzene rings is 1. The van der Waals surface area contributed by atoms with E-state index in [-0.39, 0.29) is 12.4 Å². The number of carbonyl (C=O) groups is 1. The molecule has 0 amide bonds. The van der Waals surface area contributed by atoms with Crippen LogP contribution in [-0.2, 0) is 6.42 Å². The summed E-state index contributed by atoms with van der Waals surface area (Å²) in [6.45, 7) is 3.57. The minimum atomic E-state index is -0.878. The van der Waals surface area contributed by atoms with Crippen molar-refractivity contribution in [2.45, 2.75) is 32.3 Å². The minimum Gasteiger partial charge on any atom is -0.491 e. The SMILES string of the molecule is CC(C)(O)COc1ccc(C(=O)CCc2ccccn2)cc1. The van der Waals surface area contributed by atoms with E-state index in [0.29, 0.717) is 24.2 Å². The first-order valence-corrected chi connectivity index (χ1v) is 7.32. The van der Waals surface area contributed by atoms with Crippen molar-refractivity contribution in [3.8, 4) is 5.75 Å². The van der Waals surface area contributed by atoms with Crippen molar-refractivity contribution < 1.29 is 14.6 Å². The van der Waals surface area contributed by atoms with E-state index < -0.39 is 5.60 Å². The topological polar surface area (TPSA) is 59.4 Å². The third-order valence-corrected chi connectivity index (χ3v) is 3.10. The van der Waals surface area contributed by atoms with Crippen LogP contribution in [-0.4, -0.2) is 28.1 Å². The number of carbonyl (C=O) groups excluding carboxylic acids is 1. The predicted octanol–water partition coefficient (Wildman–Crippen LogP) is 3.05. The van der Waals surface area contributed by atoms with Gasteiger partial charge in [-0.3, -0.25) is 9.78 Å². The third kappa shape index (κ3) is 5.30. The van der Waals surface area contributed by atoms with Gasteiger partial charge >= 0.3 is 0 Å². The summed E-state index contributed by atoms with van der Waals surface area (Å²) in [5.41, 5.74) is 0.699. The molecule has 0 atom stereocenters. The molecule has 22 heavy (non-hydrogen) atoms. The molecular weight excluding hydrogens is 278 g/mol. The number of aliphatic hydroxyl groups is 1. The fraction of sp³-hybridized carbons (Fsp3) is 0.333. The number of pyridine rings is 1. The molecule has 4 nitrogen and oxygen atoms in total. The fourth-order valence-electron chi connectivity index (χ4n) is 1.93. The van der Waals surface area contributed by atoms with Crippen LogP contribution in [0.5, 0.6) is 5.75 Å². The van der Waals surface area contributed by atoms with Gasteiger partial charge in [0.05, 0.1) is 5.60 Å². The molecule has 0 bridgehead atoms. The Balaban J connectivity index is 1.88. The van der Waals surface area contributed by atoms with Crippen molar-refractivity contribution in [1.29, 1.82) is 0 Å². The summed E-state index contributed by atoms with van der Waals surface area (Å²) < 4.78 is 5.46. The molecule has 0 unspecified atom stereocenters. The smallest absolute Gasteiger partial charge is 0.163 e. The second-order valence-electron chi connectivity index (χ2n) is 5.87. The maximum absolute atomic E-state index is 12.1. The lowest BCUT2D eigenvalue weighted by molar-refractivity contribution is 0.0285. The molecule has 1 aromatic heterocycles. The first-order chi connectivity index (χ1) is 10.4. The van der Waals surface area contributed by atoms with E-state index >= 15 is 0 Å². The predicted molar refractivity (Wildman–Crippen MR) is 85.1 cm³/mol. The van der Waals surface area contributed by atoms with E-state index in [2.05, 4.69) is 4.98 Å². The highest BCUT2D eigenvalue weighted by Crippen LogP contribution is 2.16. The highest BCUT2D eigenvalue weighted by molar-refractivity contribution is 5.96. The number of nitrogens with zero attached hydrogens (tertiary/aromatic N) is 1. The zero-order valence-electron chi connectivity index (χ0n) is 13.0. The summed E-state index contributed by atoms with van der Waals surface area (Å²) in [4.78, 5) is 16.3. The molecule has 0 spiro atoms. The lowest BCUT2D eigenvalue weighted by Gasteiger charge is -2.17. The van der Waals surface area contributed by atoms with Crippen molar-refractivity contribution in [3.63, 3.8) is 0 Å². The van der Waals surface area contributed by atoms with Crippen molar-refractivity contribution in [3.05, 3.63) is 59.9 Å². The quantitative estimate of drug-likeness (QED) is 0.798. The standard InChI is InChI=1S/C18H21NO3/c1-18(2,21)13-22-16-9-6-14(7-10-16)17(20)11-8-15-5-3-4-12-19-15/h3-7,9-10,12,21H,8,11,13H2,1-2H3. The molecule has 0 radical (unpaired) electrons. The molecule has 0 aliphatic heterocycles. The normalized spacial score (nSPS) is 11.2. The maximum Gasteiger partial charge on any atom is 0.163 e. The third-order valence-electron chi connectivity index (χ3n) is 3.10. The average molecular weight is 299 g/mol. The first-order valence-electron chi connectivity index (χ1n) is 7.32. The number of rotatable bonds is 7. The van der Waals surface area contributed by atoms with Gasteiger partial charge in [-0.1, -0.05) is 6.07 Å². The van der Waals surface area contributed by atoms with Gasteiger partial charge in [0.25, 0.3) is 0 Å². The molecular formula is C18H21NO3. The second-order valence-corrected chi connectivity index (χ2v) is 5.87. The second kappa shape index (κ2) is 7.18. The molecule has 2 aromatic rings. The molecule has 1 N–H and O–H groups in total. The molecule has 2 rings (SSSR count). The molecule has 0 saturated carbocycles. The van der Waals surface area contributed by atoms with E-state index in [1.807, 2.05) is 18.2 Å². The number of ketones is 1. The summed E-state index contributed by atoms with van der Waals surface area (Å²) in [6, 6.07) is 12.7. The summed E-state index contributed by atoms with van der Waals surface area (Å²) in [6.07, 6.45) is 2.80. The van der Waals surface area contributed by atoms with Crippen LogP contribution in [0.1, 0.15) is 36.3 Å². The van der Waals surface area contributed by atoms with Crippen molar-refractivity contribution >= 4 is 5.78 Å². The lowest BCUT2D eigenvalue weighted by Crippen LogP contribution is -2.27. The van der Waals surface area contributed by atoms with Gasteiger partial charge in [-0.05, 0) is 56.7 Å². The van der Waals surface area contributed by atoms with Crippen LogP contribution in [0.25, 0.3) is 0 Å². The fourth-order valence-corrected chi connectivity index (χ4v) is 1.93. The Labute approximate surface area is 130 Å². The summed E-state index contributed by atoms with van der Waals surface area (Å²) >= 11 is 0. The molecule has 4 heteroatoms. The van der Waals surface area contributed by atoms with E-state index in [9.17, 15) is 9.90 Å². The Kier molecular flexibility index (Phi) is 5.28. The number of aromatic nitrogens is 1. The molecule has 0 aliphatic rings. The van der Waals surface area contributed by atoms with Gasteiger partial charge in [0.1, 0.15) is 12.4 Å². The molecule has 116 valence electrons. The van der Waals surface area contributed by atoms with Gasteiger partial charge in [0.15, 0.2) is 5.78 Å². The zero-order valence-corrected chi connectivity index (χ0v) is 13.0. The maximum atomic E-state index is 12.1. The van der Waals surface area contributed by atoms with Crippen LogP contribution >= 0.6 is 0 Å². The molecule has 0 aliphatic carbocycles. The van der Waals surface area contributed by atoms with E-state index in [1.165, 1.54) is 0 Å². The first kappa shape index (κ1) is 16.2. The van der Waals surface area contributed by atoms with E-state index in [4.69, 9.17) is 4.74 Å². The van der Waals surface area contributed by atoms with Gasteiger partial charge in [-0.2, -0.15) is 0 Å². The Hall–Kier alpha value is -2.20. The Morgan fingerprint density at radius 2 is 1.91 bits per heavy atom. The van der Waals surface area contributed by atoms with E-state index in [0.717, 1.165) is 5.69 Å². The van der Waals surface area contributed by atoms with Crippen molar-refractivity contribution in [1.82, 2.24) is 4.98 Å². The molecule has 0 saturated heterocycles. The van der Waals surface area contributed by atoms with Gasteiger partial charge in [0.2, 0.25) is 0 Å². The number of aryl methyl sites for hydroxylation is 1. The van der Waals surface area contributed by atoms with Gasteiger partial charge in [-0.25, -0.2) is 0 Å². The van der Waals surface area contributed by atoms with Gasteiger partial charge < -0.3 is 9.84 Å². The monoisotopic (exact) mass is 299 g/mol. The summed E-state index contributed by atoms with van der Waals surface area (Å²) in [5.74, 6) is 0.725. The summed E-state index contributed by atoms with van der Waals surface area (Å²) in [7, 11) is 0. The Bertz CT molecular complexity index is 600. The average Bonchev–Trinajstić information content (AvgIpc) is 2.51. The van der Waals surface area contributed by atoms with E-state index in [1.54, 1.807) is 44.3 Å². The number of hydrogen-bond acceptors (Lipinski definition) is 4. The van der Waals surface area contributed by atoms with Gasteiger partial charge in [-0.15, -0.1) is 0 Å². The minimum absolute atomic E-state index is 0.0830. The highest BCUT2D eigenvalue weighted by atomic mass is 16.5. The lowest BCUT2D eigenvalue weighted by atomic mass is 10.1. The Morgan fingerprint density at radius 1 is 1.18 bits per heavy atom. The number of Topliss-reactive ketones (excluding diaryl/α,β-unsaturated/α-hetero) is 1. The highest BCUT2D eigenvalue weighted by Gasteiger charge is 2.13. The molecule has 0 fully saturated rings. The Morgan fingerprint density at radius 3 is 2.50 bits per heavy atom. The van der Waals surface area contributed by atoms with Crippen molar-refractivity contribution in [2.24, 2.45) is 0 Å². The van der Waals surface area contributed by atoms with Crippen LogP contribution in [0.3, 0.4) is 0 Å². The van der Waals surface area contributed by atoms with Crippen LogP contribution in [0.2, 0.25) is 0 Å². The molecule has 1 heterocycles. The number of hydrogen-bond donors (Lipinski definition) is 1. The van der Waals surface area contributed by atoms with Crippen LogP contribution in [0.4, 0.5) is 0 Å². The number of ether oxygens (including phenoxy) is 1. The molecule has 1 aromatic carbocycles. The van der Waals surface area contributed by atoms with Gasteiger partial charge in [0, 0.05) is 23.9 Å². The van der Waals surface area contributed by atoms with Crippen LogP contribution < -0.4 is 4.74 Å². The largest absolute Gasteiger partial charge is 0.491 e. The zero-order chi connectivity index (χ0) is 16.0. The summed E-state index contributed by atoms with van der Waals surface area (Å²) in [5, 5.41) is 9.61. The van der Waals surface area contributed by atoms with Crippen LogP contribution in [0.15, 0.2) is 48.7 Å². The van der Waals surface area contributed by atoms with Crippen LogP contribution in [0, 0.1) is 0 Å². The van der Waals surface area contributed by atoms with Crippen molar-refractivity contribution in [2.75, 3.05) is 6.61 Å².